The summed E-state index contributed by atoms with van der Waals surface area (Å²) in [7, 11) is 1.27. The van der Waals surface area contributed by atoms with E-state index < -0.39 is 11.9 Å². The minimum absolute atomic E-state index is 0.160. The molecule has 3 atom stereocenters. The molecule has 0 saturated carbocycles. The summed E-state index contributed by atoms with van der Waals surface area (Å²) >= 11 is 0. The SMILES string of the molecule is C=Cc1c2[nH]c(c1C)/C=C1/[C@@H](C)[C@H](C)C(=C3c4[nH]c(c(C)c4C(=O)[C@@H]3C(=O)OC)/C=c3\[nH]/c(c(C)c3CC)=C\2)N1[O-]. The van der Waals surface area contributed by atoms with Crippen molar-refractivity contribution in [3.63, 3.8) is 0 Å². The van der Waals surface area contributed by atoms with Crippen molar-refractivity contribution in [2.45, 2.75) is 48.0 Å². The number of hydrogen-bond acceptors (Lipinski definition) is 5. The van der Waals surface area contributed by atoms with E-state index in [0.29, 0.717) is 28.2 Å². The van der Waals surface area contributed by atoms with Gasteiger partial charge in [-0.25, -0.2) is 0 Å². The first-order chi connectivity index (χ1) is 19.5. The number of methoxy groups -OCH3 is 1. The number of hydroxylamine groups is 2. The number of esters is 1. The topological polar surface area (TPSA) is 117 Å². The van der Waals surface area contributed by atoms with Crippen LogP contribution in [0.4, 0.5) is 0 Å². The molecule has 0 amide bonds. The quantitative estimate of drug-likeness (QED) is 0.325. The largest absolute Gasteiger partial charge is 0.754 e. The van der Waals surface area contributed by atoms with Crippen molar-refractivity contribution >= 4 is 41.6 Å². The highest BCUT2D eigenvalue weighted by Gasteiger charge is 2.48. The predicted molar refractivity (Wildman–Crippen MR) is 161 cm³/mol. The number of Topliss-reactive ketones (excluding diaryl/α,β-unsaturated/α-hetero) is 1. The van der Waals surface area contributed by atoms with Gasteiger partial charge in [-0.15, -0.1) is 0 Å². The summed E-state index contributed by atoms with van der Waals surface area (Å²) in [6.07, 6.45) is 8.65. The second-order valence-corrected chi connectivity index (χ2v) is 11.4. The molecule has 3 N–H and O–H groups in total. The number of rotatable bonds is 3. The van der Waals surface area contributed by atoms with Crippen LogP contribution in [0.3, 0.4) is 0 Å². The Balaban J connectivity index is 1.78. The number of aromatic nitrogens is 3. The lowest BCUT2D eigenvalue weighted by Crippen LogP contribution is -2.25. The fraction of sp³-hybridized carbons (Fsp3) is 0.333. The van der Waals surface area contributed by atoms with Crippen LogP contribution in [0.2, 0.25) is 0 Å². The molecule has 8 heteroatoms. The summed E-state index contributed by atoms with van der Waals surface area (Å²) in [5.41, 5.74) is 9.83. The van der Waals surface area contributed by atoms with E-state index in [1.165, 1.54) is 12.7 Å². The molecular weight excluding hydrogens is 516 g/mol. The van der Waals surface area contributed by atoms with E-state index in [1.807, 2.05) is 45.9 Å². The Kier molecular flexibility index (Phi) is 6.15. The summed E-state index contributed by atoms with van der Waals surface area (Å²) in [5, 5.41) is 17.0. The molecule has 0 aromatic carbocycles. The molecule has 3 aromatic heterocycles. The van der Waals surface area contributed by atoms with Crippen LogP contribution in [0.1, 0.15) is 81.7 Å². The molecule has 5 heterocycles. The molecule has 41 heavy (non-hydrogen) atoms. The van der Waals surface area contributed by atoms with E-state index in [-0.39, 0.29) is 17.6 Å². The number of aromatic amines is 3. The maximum absolute atomic E-state index is 14.1. The van der Waals surface area contributed by atoms with Crippen molar-refractivity contribution < 1.29 is 14.3 Å². The Morgan fingerprint density at radius 2 is 1.68 bits per heavy atom. The van der Waals surface area contributed by atoms with Gasteiger partial charge in [-0.05, 0) is 67.7 Å². The number of allylic oxidation sites excluding steroid dienone is 2. The molecule has 8 nitrogen and oxygen atoms in total. The lowest BCUT2D eigenvalue weighted by atomic mass is 9.89. The predicted octanol–water partition coefficient (Wildman–Crippen LogP) is 4.60. The first-order valence-corrected chi connectivity index (χ1v) is 14.1. The Hall–Kier alpha value is -4.30. The van der Waals surface area contributed by atoms with Crippen LogP contribution < -0.4 is 10.7 Å². The van der Waals surface area contributed by atoms with Gasteiger partial charge in [0.15, 0.2) is 5.78 Å². The van der Waals surface area contributed by atoms with Crippen LogP contribution in [0.15, 0.2) is 18.0 Å². The highest BCUT2D eigenvalue weighted by molar-refractivity contribution is 6.24. The first-order valence-electron chi connectivity index (χ1n) is 14.1. The van der Waals surface area contributed by atoms with Crippen LogP contribution >= 0.6 is 0 Å². The number of hydrogen-bond donors (Lipinski definition) is 3. The van der Waals surface area contributed by atoms with Crippen LogP contribution in [0.5, 0.6) is 0 Å². The van der Waals surface area contributed by atoms with Crippen LogP contribution in [0, 0.1) is 43.7 Å². The third-order valence-corrected chi connectivity index (χ3v) is 9.42. The molecule has 8 bridgehead atoms. The van der Waals surface area contributed by atoms with Crippen molar-refractivity contribution in [2.75, 3.05) is 7.11 Å². The summed E-state index contributed by atoms with van der Waals surface area (Å²) in [6, 6.07) is 0. The molecule has 0 unspecified atom stereocenters. The van der Waals surface area contributed by atoms with Crippen LogP contribution in [-0.2, 0) is 16.0 Å². The van der Waals surface area contributed by atoms with E-state index in [2.05, 4.69) is 41.5 Å². The van der Waals surface area contributed by atoms with Gasteiger partial charge in [0.25, 0.3) is 0 Å². The van der Waals surface area contributed by atoms with Gasteiger partial charge in [-0.3, -0.25) is 9.59 Å². The van der Waals surface area contributed by atoms with Gasteiger partial charge in [0, 0.05) is 67.7 Å². The average Bonchev–Trinajstić information content (AvgIpc) is 3.66. The second kappa shape index (κ2) is 9.38. The number of ether oxygens (including phenoxy) is 1. The van der Waals surface area contributed by atoms with Crippen molar-refractivity contribution in [1.29, 1.82) is 0 Å². The normalized spacial score (nSPS) is 24.1. The standard InChI is InChI=1S/C33H35N4O4/c1-9-19-16(5)21-11-24-20(10-2)17(6)23(35-24)13-26-14(3)15(4)31(37(26)40)28-29(33(39)41-8)32(38)27-18(7)22(36-30(27)28)12-25(19)34-21/h10-15,29,34-36H,2,9H2,1,3-8H3/q-1/b21-11-,25-12-,26-13-,31-28?/t14-,15-,29+/m0/s1. The Morgan fingerprint density at radius 1 is 1.00 bits per heavy atom. The van der Waals surface area contributed by atoms with Gasteiger partial charge in [-0.1, -0.05) is 33.4 Å². The van der Waals surface area contributed by atoms with E-state index >= 15 is 0 Å². The molecular formula is C33H35N4O4-. The van der Waals surface area contributed by atoms with Gasteiger partial charge in [0.2, 0.25) is 0 Å². The zero-order chi connectivity index (χ0) is 29.5. The van der Waals surface area contributed by atoms with Crippen LogP contribution in [0.25, 0.3) is 29.9 Å². The van der Waals surface area contributed by atoms with Crippen molar-refractivity contribution in [1.82, 2.24) is 20.0 Å². The lowest BCUT2D eigenvalue weighted by Gasteiger charge is -2.31. The van der Waals surface area contributed by atoms with Gasteiger partial charge in [0.1, 0.15) is 5.92 Å². The maximum Gasteiger partial charge on any atom is 0.321 e. The number of nitrogens with zero attached hydrogens (tertiary/aromatic N) is 1. The number of fused-ring (bicyclic) bond motifs is 7. The van der Waals surface area contributed by atoms with Gasteiger partial charge in [0.05, 0.1) is 12.8 Å². The molecule has 1 saturated heterocycles. The molecule has 0 spiro atoms. The molecule has 0 radical (unpaired) electrons. The molecule has 3 aromatic rings. The van der Waals surface area contributed by atoms with Gasteiger partial charge >= 0.3 is 5.97 Å². The second-order valence-electron chi connectivity index (χ2n) is 11.4. The van der Waals surface area contributed by atoms with Crippen molar-refractivity contribution in [3.8, 4) is 0 Å². The maximum atomic E-state index is 14.1. The van der Waals surface area contributed by atoms with Gasteiger partial charge in [-0.2, -0.15) is 0 Å². The number of carbonyl (C=O) groups excluding carboxylic acids is 2. The van der Waals surface area contributed by atoms with E-state index in [9.17, 15) is 14.8 Å². The zero-order valence-electron chi connectivity index (χ0n) is 24.5. The summed E-state index contributed by atoms with van der Waals surface area (Å²) in [4.78, 5) is 37.5. The fourth-order valence-corrected chi connectivity index (χ4v) is 6.87. The molecule has 1 aliphatic carbocycles. The van der Waals surface area contributed by atoms with Gasteiger partial charge < -0.3 is 30.0 Å². The third kappa shape index (κ3) is 3.63. The molecule has 3 aliphatic rings. The highest BCUT2D eigenvalue weighted by Crippen LogP contribution is 2.50. The van der Waals surface area contributed by atoms with Crippen LogP contribution in [-0.4, -0.2) is 38.9 Å². The summed E-state index contributed by atoms with van der Waals surface area (Å²) < 4.78 is 5.09. The minimum atomic E-state index is -1.19. The lowest BCUT2D eigenvalue weighted by molar-refractivity contribution is -0.141. The Labute approximate surface area is 238 Å². The number of ketones is 1. The van der Waals surface area contributed by atoms with E-state index in [1.54, 1.807) is 0 Å². The molecule has 212 valence electrons. The smallest absolute Gasteiger partial charge is 0.321 e. The molecule has 6 rings (SSSR count). The Morgan fingerprint density at radius 3 is 2.34 bits per heavy atom. The Bertz CT molecular complexity index is 1860. The molecule has 1 fully saturated rings. The highest BCUT2D eigenvalue weighted by atomic mass is 16.5. The third-order valence-electron chi connectivity index (χ3n) is 9.42. The molecule has 2 aliphatic heterocycles. The van der Waals surface area contributed by atoms with Crippen molar-refractivity contribution in [3.05, 3.63) is 90.0 Å². The monoisotopic (exact) mass is 551 g/mol. The summed E-state index contributed by atoms with van der Waals surface area (Å²) in [5.74, 6) is -2.61. The zero-order valence-corrected chi connectivity index (χ0v) is 24.5. The fourth-order valence-electron chi connectivity index (χ4n) is 6.87. The van der Waals surface area contributed by atoms with E-state index in [0.717, 1.165) is 61.5 Å². The number of H-pyrrole nitrogens is 3. The first kappa shape index (κ1) is 26.9. The number of carbonyl (C=O) groups is 2. The number of nitrogens with one attached hydrogen (secondary N) is 3. The van der Waals surface area contributed by atoms with Crippen molar-refractivity contribution in [2.24, 2.45) is 17.8 Å². The minimum Gasteiger partial charge on any atom is -0.754 e. The average molecular weight is 552 g/mol. The van der Waals surface area contributed by atoms with E-state index in [4.69, 9.17) is 4.74 Å². The summed E-state index contributed by atoms with van der Waals surface area (Å²) in [6.45, 7) is 16.1.